The Hall–Kier alpha value is -1.80. The molecule has 7 heteroatoms. The van der Waals surface area contributed by atoms with Crippen LogP contribution in [-0.4, -0.2) is 32.0 Å². The van der Waals surface area contributed by atoms with Crippen LogP contribution in [-0.2, 0) is 17.8 Å². The van der Waals surface area contributed by atoms with Crippen molar-refractivity contribution in [1.82, 2.24) is 16.0 Å². The number of benzene rings is 2. The summed E-state index contributed by atoms with van der Waals surface area (Å²) in [5.74, 6) is 0.693. The van der Waals surface area contributed by atoms with Crippen molar-refractivity contribution in [3.8, 4) is 0 Å². The molecule has 5 nitrogen and oxygen atoms in total. The molecular formula is C20H26ClIN4O. The van der Waals surface area contributed by atoms with E-state index in [0.29, 0.717) is 25.5 Å². The number of rotatable bonds is 8. The first-order valence-electron chi connectivity index (χ1n) is 8.67. The molecule has 0 fully saturated rings. The maximum Gasteiger partial charge on any atom is 0.222 e. The maximum atomic E-state index is 11.9. The fourth-order valence-corrected chi connectivity index (χ4v) is 2.63. The zero-order chi connectivity index (χ0) is 18.6. The zero-order valence-electron chi connectivity index (χ0n) is 15.4. The predicted molar refractivity (Wildman–Crippen MR) is 123 cm³/mol. The average Bonchev–Trinajstić information content (AvgIpc) is 2.66. The second-order valence-corrected chi connectivity index (χ2v) is 6.25. The molecular weight excluding hydrogens is 475 g/mol. The summed E-state index contributed by atoms with van der Waals surface area (Å²) < 4.78 is 0. The monoisotopic (exact) mass is 500 g/mol. The molecule has 0 aliphatic heterocycles. The number of halogens is 2. The van der Waals surface area contributed by atoms with Gasteiger partial charge in [-0.05, 0) is 29.7 Å². The first-order chi connectivity index (χ1) is 12.7. The lowest BCUT2D eigenvalue weighted by molar-refractivity contribution is -0.121. The molecule has 2 aromatic rings. The van der Waals surface area contributed by atoms with Crippen LogP contribution in [0.2, 0.25) is 5.02 Å². The molecule has 146 valence electrons. The van der Waals surface area contributed by atoms with E-state index < -0.39 is 0 Å². The van der Waals surface area contributed by atoms with Crippen LogP contribution in [0.1, 0.15) is 17.5 Å². The predicted octanol–water partition coefficient (Wildman–Crippen LogP) is 3.37. The third-order valence-electron chi connectivity index (χ3n) is 3.80. The third-order valence-corrected chi connectivity index (χ3v) is 4.03. The van der Waals surface area contributed by atoms with Gasteiger partial charge < -0.3 is 16.0 Å². The second-order valence-electron chi connectivity index (χ2n) is 5.82. The number of guanidine groups is 1. The molecule has 0 heterocycles. The van der Waals surface area contributed by atoms with Crippen molar-refractivity contribution in [2.24, 2.45) is 4.99 Å². The van der Waals surface area contributed by atoms with Crippen LogP contribution in [0.5, 0.6) is 0 Å². The smallest absolute Gasteiger partial charge is 0.222 e. The summed E-state index contributed by atoms with van der Waals surface area (Å²) in [6.07, 6.45) is 1.24. The molecule has 2 aromatic carbocycles. The molecule has 0 spiro atoms. The SMILES string of the molecule is CN=C(NCCC(=O)NCc1ccccc1)NCCc1cccc(Cl)c1.I. The standard InChI is InChI=1S/C20H25ClN4O.HI/c1-22-20(23-12-10-16-8-5-9-18(21)14-16)24-13-11-19(26)25-15-17-6-3-2-4-7-17;/h2-9,14H,10-13,15H2,1H3,(H,25,26)(H2,22,23,24);1H. The van der Waals surface area contributed by atoms with E-state index in [-0.39, 0.29) is 29.9 Å². The minimum absolute atomic E-state index is 0. The van der Waals surface area contributed by atoms with E-state index in [0.717, 1.165) is 23.6 Å². The third kappa shape index (κ3) is 9.63. The number of nitrogens with one attached hydrogen (secondary N) is 3. The Labute approximate surface area is 183 Å². The van der Waals surface area contributed by atoms with Crippen molar-refractivity contribution < 1.29 is 4.79 Å². The van der Waals surface area contributed by atoms with Gasteiger partial charge >= 0.3 is 0 Å². The minimum atomic E-state index is 0. The van der Waals surface area contributed by atoms with Gasteiger partial charge in [0.1, 0.15) is 0 Å². The number of aliphatic imine (C=N–C) groups is 1. The van der Waals surface area contributed by atoms with Gasteiger partial charge in [-0.25, -0.2) is 0 Å². The van der Waals surface area contributed by atoms with Gasteiger partial charge in [-0.1, -0.05) is 54.1 Å². The van der Waals surface area contributed by atoms with Gasteiger partial charge in [0, 0.05) is 38.1 Å². The van der Waals surface area contributed by atoms with Crippen molar-refractivity contribution >= 4 is 47.4 Å². The molecule has 0 atom stereocenters. The maximum absolute atomic E-state index is 11.9. The van der Waals surface area contributed by atoms with Crippen molar-refractivity contribution in [3.63, 3.8) is 0 Å². The highest BCUT2D eigenvalue weighted by Crippen LogP contribution is 2.10. The first-order valence-corrected chi connectivity index (χ1v) is 9.05. The summed E-state index contributed by atoms with van der Waals surface area (Å²) in [5, 5.41) is 10.0. The lowest BCUT2D eigenvalue weighted by Crippen LogP contribution is -2.40. The summed E-state index contributed by atoms with van der Waals surface area (Å²) in [4.78, 5) is 16.1. The lowest BCUT2D eigenvalue weighted by Gasteiger charge is -2.12. The minimum Gasteiger partial charge on any atom is -0.356 e. The summed E-state index contributed by atoms with van der Waals surface area (Å²) in [7, 11) is 1.71. The molecule has 1 amide bonds. The van der Waals surface area contributed by atoms with E-state index in [1.807, 2.05) is 54.6 Å². The summed E-state index contributed by atoms with van der Waals surface area (Å²) in [6, 6.07) is 17.7. The molecule has 0 radical (unpaired) electrons. The Morgan fingerprint density at radius 1 is 0.963 bits per heavy atom. The lowest BCUT2D eigenvalue weighted by atomic mass is 10.1. The Morgan fingerprint density at radius 3 is 2.37 bits per heavy atom. The van der Waals surface area contributed by atoms with Gasteiger partial charge in [-0.15, -0.1) is 24.0 Å². The van der Waals surface area contributed by atoms with Crippen LogP contribution in [0.15, 0.2) is 59.6 Å². The number of amides is 1. The van der Waals surface area contributed by atoms with Crippen LogP contribution in [0.3, 0.4) is 0 Å². The molecule has 0 bridgehead atoms. The molecule has 27 heavy (non-hydrogen) atoms. The van der Waals surface area contributed by atoms with Crippen molar-refractivity contribution in [2.75, 3.05) is 20.1 Å². The average molecular weight is 501 g/mol. The number of hydrogen-bond acceptors (Lipinski definition) is 2. The van der Waals surface area contributed by atoms with E-state index >= 15 is 0 Å². The van der Waals surface area contributed by atoms with Crippen LogP contribution in [0.25, 0.3) is 0 Å². The van der Waals surface area contributed by atoms with Crippen LogP contribution in [0, 0.1) is 0 Å². The highest BCUT2D eigenvalue weighted by Gasteiger charge is 2.03. The normalized spacial score (nSPS) is 10.7. The summed E-state index contributed by atoms with van der Waals surface area (Å²) >= 11 is 5.98. The van der Waals surface area contributed by atoms with Crippen molar-refractivity contribution in [2.45, 2.75) is 19.4 Å². The molecule has 0 saturated heterocycles. The molecule has 0 aliphatic carbocycles. The van der Waals surface area contributed by atoms with E-state index in [9.17, 15) is 4.79 Å². The fraction of sp³-hybridized carbons (Fsp3) is 0.300. The van der Waals surface area contributed by atoms with E-state index in [2.05, 4.69) is 20.9 Å². The molecule has 0 saturated carbocycles. The Balaban J connectivity index is 0.00000364. The summed E-state index contributed by atoms with van der Waals surface area (Å²) in [6.45, 7) is 1.81. The van der Waals surface area contributed by atoms with E-state index in [1.54, 1.807) is 7.05 Å². The Morgan fingerprint density at radius 2 is 1.67 bits per heavy atom. The second kappa shape index (κ2) is 13.4. The molecule has 0 aliphatic rings. The van der Waals surface area contributed by atoms with Gasteiger partial charge in [-0.2, -0.15) is 0 Å². The number of carbonyl (C=O) groups excluding carboxylic acids is 1. The van der Waals surface area contributed by atoms with Crippen LogP contribution in [0.4, 0.5) is 0 Å². The molecule has 3 N–H and O–H groups in total. The number of nitrogens with zero attached hydrogens (tertiary/aromatic N) is 1. The highest BCUT2D eigenvalue weighted by molar-refractivity contribution is 14.0. The number of carbonyl (C=O) groups is 1. The van der Waals surface area contributed by atoms with Gasteiger partial charge in [0.25, 0.3) is 0 Å². The molecule has 2 rings (SSSR count). The largest absolute Gasteiger partial charge is 0.356 e. The fourth-order valence-electron chi connectivity index (χ4n) is 2.42. The van der Waals surface area contributed by atoms with Gasteiger partial charge in [-0.3, -0.25) is 9.79 Å². The Kier molecular flexibility index (Phi) is 11.5. The van der Waals surface area contributed by atoms with Crippen molar-refractivity contribution in [3.05, 3.63) is 70.7 Å². The highest BCUT2D eigenvalue weighted by atomic mass is 127. The summed E-state index contributed by atoms with van der Waals surface area (Å²) in [5.41, 5.74) is 2.26. The molecule has 0 aromatic heterocycles. The topological polar surface area (TPSA) is 65.5 Å². The van der Waals surface area contributed by atoms with Crippen molar-refractivity contribution in [1.29, 1.82) is 0 Å². The Bertz CT molecular complexity index is 725. The number of hydrogen-bond donors (Lipinski definition) is 3. The van der Waals surface area contributed by atoms with Crippen LogP contribution >= 0.6 is 35.6 Å². The van der Waals surface area contributed by atoms with Gasteiger partial charge in [0.2, 0.25) is 5.91 Å². The quantitative estimate of drug-likeness (QED) is 0.296. The zero-order valence-corrected chi connectivity index (χ0v) is 18.5. The van der Waals surface area contributed by atoms with Crippen LogP contribution < -0.4 is 16.0 Å². The van der Waals surface area contributed by atoms with E-state index in [4.69, 9.17) is 11.6 Å². The molecule has 0 unspecified atom stereocenters. The first kappa shape index (κ1) is 23.2. The van der Waals surface area contributed by atoms with Gasteiger partial charge in [0.05, 0.1) is 0 Å². The van der Waals surface area contributed by atoms with E-state index in [1.165, 1.54) is 5.56 Å². The van der Waals surface area contributed by atoms with Gasteiger partial charge in [0.15, 0.2) is 5.96 Å².